The number of likely N-dealkylation sites (N-methyl/N-ethyl adjacent to an activating group) is 1. The summed E-state index contributed by atoms with van der Waals surface area (Å²) in [7, 11) is 5.01. The molecule has 2 atom stereocenters. The summed E-state index contributed by atoms with van der Waals surface area (Å²) in [5, 5.41) is 0. The van der Waals surface area contributed by atoms with Crippen LogP contribution in [0.2, 0.25) is 0 Å². The van der Waals surface area contributed by atoms with Gasteiger partial charge in [-0.3, -0.25) is 9.59 Å². The van der Waals surface area contributed by atoms with Crippen LogP contribution < -0.4 is 4.74 Å². The first-order valence-electron chi connectivity index (χ1n) is 7.81. The number of carbonyl (C=O) groups excluding carboxylic acids is 2. The standard InChI is InChI=1S/C17H22N2O4/c1-18(2)17(21)16-15(11-4-8-13(22-3)9-5-11)19(12-6-7-12)14(20)10-23-16/h4-5,8-9,12,15-16H,6-7,10H2,1-3H3/t15-,16+/m1/s1. The van der Waals surface area contributed by atoms with Crippen molar-refractivity contribution in [1.82, 2.24) is 9.80 Å². The van der Waals surface area contributed by atoms with Crippen LogP contribution in [0.1, 0.15) is 24.4 Å². The van der Waals surface area contributed by atoms with E-state index in [0.717, 1.165) is 24.2 Å². The summed E-state index contributed by atoms with van der Waals surface area (Å²) in [6.45, 7) is -0.0343. The maximum absolute atomic E-state index is 12.5. The van der Waals surface area contributed by atoms with Gasteiger partial charge in [-0.1, -0.05) is 12.1 Å². The lowest BCUT2D eigenvalue weighted by Crippen LogP contribution is -2.54. The topological polar surface area (TPSA) is 59.1 Å². The number of rotatable bonds is 4. The summed E-state index contributed by atoms with van der Waals surface area (Å²) in [6.07, 6.45) is 1.31. The van der Waals surface area contributed by atoms with Crippen LogP contribution in [0.5, 0.6) is 5.75 Å². The summed E-state index contributed by atoms with van der Waals surface area (Å²) < 4.78 is 10.8. The van der Waals surface area contributed by atoms with Gasteiger partial charge in [0.2, 0.25) is 5.91 Å². The molecule has 3 rings (SSSR count). The van der Waals surface area contributed by atoms with Crippen molar-refractivity contribution in [3.05, 3.63) is 29.8 Å². The van der Waals surface area contributed by atoms with E-state index < -0.39 is 6.10 Å². The fourth-order valence-corrected chi connectivity index (χ4v) is 3.01. The first-order valence-corrected chi connectivity index (χ1v) is 7.81. The second-order valence-corrected chi connectivity index (χ2v) is 6.21. The van der Waals surface area contributed by atoms with Crippen molar-refractivity contribution in [3.8, 4) is 5.75 Å². The van der Waals surface area contributed by atoms with Gasteiger partial charge in [-0.15, -0.1) is 0 Å². The molecule has 23 heavy (non-hydrogen) atoms. The predicted molar refractivity (Wildman–Crippen MR) is 84.0 cm³/mol. The van der Waals surface area contributed by atoms with E-state index in [-0.39, 0.29) is 30.5 Å². The molecule has 0 aromatic heterocycles. The van der Waals surface area contributed by atoms with Gasteiger partial charge in [0, 0.05) is 20.1 Å². The average molecular weight is 318 g/mol. The van der Waals surface area contributed by atoms with Crippen LogP contribution in [-0.2, 0) is 14.3 Å². The lowest BCUT2D eigenvalue weighted by molar-refractivity contribution is -0.169. The van der Waals surface area contributed by atoms with E-state index in [2.05, 4.69) is 0 Å². The highest BCUT2D eigenvalue weighted by molar-refractivity contribution is 5.86. The van der Waals surface area contributed by atoms with Crippen molar-refractivity contribution in [3.63, 3.8) is 0 Å². The van der Waals surface area contributed by atoms with Crippen molar-refractivity contribution in [2.24, 2.45) is 0 Å². The molecule has 0 spiro atoms. The lowest BCUT2D eigenvalue weighted by atomic mass is 9.96. The highest BCUT2D eigenvalue weighted by atomic mass is 16.5. The molecular formula is C17H22N2O4. The zero-order valence-corrected chi connectivity index (χ0v) is 13.7. The molecule has 0 N–H and O–H groups in total. The molecule has 124 valence electrons. The van der Waals surface area contributed by atoms with Gasteiger partial charge in [-0.25, -0.2) is 0 Å². The van der Waals surface area contributed by atoms with Crippen molar-refractivity contribution in [2.45, 2.75) is 31.0 Å². The molecule has 1 aromatic rings. The van der Waals surface area contributed by atoms with Crippen molar-refractivity contribution < 1.29 is 19.1 Å². The van der Waals surface area contributed by atoms with E-state index in [0.29, 0.717) is 0 Å². The number of hydrogen-bond donors (Lipinski definition) is 0. The molecular weight excluding hydrogens is 296 g/mol. The zero-order valence-electron chi connectivity index (χ0n) is 13.7. The quantitative estimate of drug-likeness (QED) is 0.837. The SMILES string of the molecule is COc1ccc([C@@H]2[C@@H](C(=O)N(C)C)OCC(=O)N2C2CC2)cc1. The third kappa shape index (κ3) is 3.03. The molecule has 6 nitrogen and oxygen atoms in total. The van der Waals surface area contributed by atoms with E-state index in [4.69, 9.17) is 9.47 Å². The number of ether oxygens (including phenoxy) is 2. The molecule has 1 saturated heterocycles. The largest absolute Gasteiger partial charge is 0.497 e. The van der Waals surface area contributed by atoms with Crippen LogP contribution in [0.25, 0.3) is 0 Å². The molecule has 0 bridgehead atoms. The van der Waals surface area contributed by atoms with E-state index in [9.17, 15) is 9.59 Å². The normalized spacial score (nSPS) is 24.5. The smallest absolute Gasteiger partial charge is 0.253 e. The number of hydrogen-bond acceptors (Lipinski definition) is 4. The molecule has 2 aliphatic rings. The summed E-state index contributed by atoms with van der Waals surface area (Å²) in [5.74, 6) is 0.574. The molecule has 2 amide bonds. The van der Waals surface area contributed by atoms with Crippen LogP contribution in [0.4, 0.5) is 0 Å². The third-order valence-corrected chi connectivity index (χ3v) is 4.34. The Morgan fingerprint density at radius 1 is 1.26 bits per heavy atom. The van der Waals surface area contributed by atoms with Gasteiger partial charge in [0.05, 0.1) is 13.2 Å². The molecule has 6 heteroatoms. The minimum atomic E-state index is -0.670. The number of amides is 2. The minimum Gasteiger partial charge on any atom is -0.497 e. The molecule has 1 aliphatic carbocycles. The Bertz CT molecular complexity index is 595. The number of carbonyl (C=O) groups is 2. The highest BCUT2D eigenvalue weighted by Gasteiger charge is 2.47. The summed E-state index contributed by atoms with van der Waals surface area (Å²) >= 11 is 0. The maximum atomic E-state index is 12.5. The Morgan fingerprint density at radius 2 is 1.91 bits per heavy atom. The number of morpholine rings is 1. The molecule has 0 unspecified atom stereocenters. The van der Waals surface area contributed by atoms with Crippen LogP contribution in [0, 0.1) is 0 Å². The molecule has 2 fully saturated rings. The Kier molecular flexibility index (Phi) is 4.26. The first kappa shape index (κ1) is 15.8. The van der Waals surface area contributed by atoms with E-state index in [1.807, 2.05) is 29.2 Å². The van der Waals surface area contributed by atoms with Gasteiger partial charge >= 0.3 is 0 Å². The van der Waals surface area contributed by atoms with Crippen molar-refractivity contribution >= 4 is 11.8 Å². The van der Waals surface area contributed by atoms with E-state index in [1.54, 1.807) is 21.2 Å². The van der Waals surface area contributed by atoms with Gasteiger partial charge in [0.1, 0.15) is 12.4 Å². The third-order valence-electron chi connectivity index (χ3n) is 4.34. The highest BCUT2D eigenvalue weighted by Crippen LogP contribution is 2.40. The maximum Gasteiger partial charge on any atom is 0.253 e. The van der Waals surface area contributed by atoms with Gasteiger partial charge in [0.25, 0.3) is 5.91 Å². The number of nitrogens with zero attached hydrogens (tertiary/aromatic N) is 2. The van der Waals surface area contributed by atoms with Crippen LogP contribution >= 0.6 is 0 Å². The second-order valence-electron chi connectivity index (χ2n) is 6.21. The molecule has 1 heterocycles. The summed E-state index contributed by atoms with van der Waals surface area (Å²) in [6, 6.07) is 7.32. The summed E-state index contributed by atoms with van der Waals surface area (Å²) in [5.41, 5.74) is 0.894. The lowest BCUT2D eigenvalue weighted by Gasteiger charge is -2.41. The Balaban J connectivity index is 1.98. The van der Waals surface area contributed by atoms with Gasteiger partial charge in [-0.05, 0) is 30.5 Å². The van der Waals surface area contributed by atoms with Crippen molar-refractivity contribution in [2.75, 3.05) is 27.8 Å². The monoisotopic (exact) mass is 318 g/mol. The van der Waals surface area contributed by atoms with Gasteiger partial charge in [0.15, 0.2) is 6.10 Å². The number of benzene rings is 1. The molecule has 1 aromatic carbocycles. The molecule has 1 saturated carbocycles. The fraction of sp³-hybridized carbons (Fsp3) is 0.529. The van der Waals surface area contributed by atoms with Crippen LogP contribution in [0.3, 0.4) is 0 Å². The minimum absolute atomic E-state index is 0.0343. The molecule has 1 aliphatic heterocycles. The van der Waals surface area contributed by atoms with Gasteiger partial charge in [-0.2, -0.15) is 0 Å². The average Bonchev–Trinajstić information content (AvgIpc) is 3.38. The van der Waals surface area contributed by atoms with Crippen molar-refractivity contribution in [1.29, 1.82) is 0 Å². The zero-order chi connectivity index (χ0) is 16.6. The molecule has 0 radical (unpaired) electrons. The van der Waals surface area contributed by atoms with Crippen LogP contribution in [-0.4, -0.2) is 61.6 Å². The summed E-state index contributed by atoms with van der Waals surface area (Å²) in [4.78, 5) is 28.3. The Hall–Kier alpha value is -2.08. The second kappa shape index (κ2) is 6.20. The first-order chi connectivity index (χ1) is 11.0. The van der Waals surface area contributed by atoms with Gasteiger partial charge < -0.3 is 19.3 Å². The predicted octanol–water partition coefficient (Wildman–Crippen LogP) is 1.21. The number of methoxy groups -OCH3 is 1. The van der Waals surface area contributed by atoms with E-state index >= 15 is 0 Å². The Morgan fingerprint density at radius 3 is 2.43 bits per heavy atom. The Labute approximate surface area is 136 Å². The van der Waals surface area contributed by atoms with E-state index in [1.165, 1.54) is 4.90 Å². The fourth-order valence-electron chi connectivity index (χ4n) is 3.01. The van der Waals surface area contributed by atoms with Crippen LogP contribution in [0.15, 0.2) is 24.3 Å².